The molecule has 0 saturated heterocycles. The highest BCUT2D eigenvalue weighted by Crippen LogP contribution is 2.12. The SMILES string of the molecule is CC/C=C\C/C=C\C/C=C\C/C=C\CCC(=O)OC(COCCCCCCCC/C=C\CCCCCC)COC(=O)CCCCCCCC/C=C\C/C=C\C/C=C\CCCCC. The summed E-state index contributed by atoms with van der Waals surface area (Å²) in [4.78, 5) is 25.3. The predicted molar refractivity (Wildman–Crippen MR) is 270 cm³/mol. The van der Waals surface area contributed by atoms with Gasteiger partial charge in [-0.25, -0.2) is 0 Å². The van der Waals surface area contributed by atoms with E-state index in [0.29, 0.717) is 25.9 Å². The van der Waals surface area contributed by atoms with Crippen LogP contribution in [-0.4, -0.2) is 37.9 Å². The molecule has 0 bridgehead atoms. The van der Waals surface area contributed by atoms with Crippen LogP contribution in [0.3, 0.4) is 0 Å². The van der Waals surface area contributed by atoms with Gasteiger partial charge in [0, 0.05) is 19.4 Å². The Morgan fingerprint density at radius 3 is 1.27 bits per heavy atom. The number of carbonyl (C=O) groups excluding carboxylic acids is 2. The molecule has 0 aliphatic rings. The first kappa shape index (κ1) is 58.8. The van der Waals surface area contributed by atoms with E-state index in [1.165, 1.54) is 109 Å². The molecule has 0 amide bonds. The van der Waals surface area contributed by atoms with Gasteiger partial charge in [0.15, 0.2) is 6.10 Å². The molecule has 1 atom stereocenters. The van der Waals surface area contributed by atoms with Crippen molar-refractivity contribution < 1.29 is 23.8 Å². The number of unbranched alkanes of at least 4 members (excludes halogenated alkanes) is 19. The van der Waals surface area contributed by atoms with E-state index in [9.17, 15) is 9.59 Å². The first-order chi connectivity index (χ1) is 30.6. The minimum atomic E-state index is -0.587. The van der Waals surface area contributed by atoms with Crippen molar-refractivity contribution in [2.45, 2.75) is 232 Å². The van der Waals surface area contributed by atoms with Crippen molar-refractivity contribution in [3.63, 3.8) is 0 Å². The van der Waals surface area contributed by atoms with Crippen LogP contribution in [0, 0.1) is 0 Å². The van der Waals surface area contributed by atoms with Crippen molar-refractivity contribution >= 4 is 11.9 Å². The number of carbonyl (C=O) groups is 2. The molecule has 0 aromatic heterocycles. The molecule has 0 saturated carbocycles. The first-order valence-corrected chi connectivity index (χ1v) is 25.8. The Hall–Kier alpha value is -3.18. The molecular weight excluding hydrogens is 765 g/mol. The third-order valence-corrected chi connectivity index (χ3v) is 10.6. The van der Waals surface area contributed by atoms with E-state index < -0.39 is 6.10 Å². The summed E-state index contributed by atoms with van der Waals surface area (Å²) < 4.78 is 17.3. The van der Waals surface area contributed by atoms with Gasteiger partial charge in [0.1, 0.15) is 6.61 Å². The van der Waals surface area contributed by atoms with Crippen molar-refractivity contribution in [1.29, 1.82) is 0 Å². The highest BCUT2D eigenvalue weighted by atomic mass is 16.6. The number of hydrogen-bond acceptors (Lipinski definition) is 5. The molecule has 5 nitrogen and oxygen atoms in total. The molecule has 0 heterocycles. The van der Waals surface area contributed by atoms with E-state index >= 15 is 0 Å². The summed E-state index contributed by atoms with van der Waals surface area (Å²) in [5, 5.41) is 0. The fourth-order valence-electron chi connectivity index (χ4n) is 6.76. The zero-order valence-electron chi connectivity index (χ0n) is 40.6. The Morgan fingerprint density at radius 2 is 0.758 bits per heavy atom. The monoisotopic (exact) mass is 861 g/mol. The van der Waals surface area contributed by atoms with Crippen molar-refractivity contribution in [3.05, 3.63) is 97.2 Å². The zero-order valence-corrected chi connectivity index (χ0v) is 40.6. The molecular formula is C57H96O5. The second-order valence-corrected chi connectivity index (χ2v) is 16.7. The standard InChI is InChI=1S/C57H96O5/c1-4-7-10-13-16-19-22-25-27-28-29-30-31-33-35-38-41-44-47-50-56(58)61-54-55(53-60-52-49-46-43-40-37-34-26-23-20-17-14-11-8-5-2)62-57(59)51-48-45-42-39-36-32-24-21-18-15-12-9-6-3/h9,12,16,18-21,23,25,27,29-30,32,36,42,45,55H,4-8,10-11,13-15,17,22,24,26,28,31,33-35,37-41,43-44,46-54H2,1-3H3/b12-9-,19-16-,21-18-,23-20-,27-25-,30-29-,36-32-,45-42-. The lowest BCUT2D eigenvalue weighted by atomic mass is 10.1. The lowest BCUT2D eigenvalue weighted by Gasteiger charge is -2.18. The van der Waals surface area contributed by atoms with Gasteiger partial charge in [-0.1, -0.05) is 201 Å². The molecule has 0 aromatic carbocycles. The van der Waals surface area contributed by atoms with Gasteiger partial charge in [-0.05, 0) is 109 Å². The summed E-state index contributed by atoms with van der Waals surface area (Å²) in [6, 6.07) is 0. The molecule has 0 spiro atoms. The van der Waals surface area contributed by atoms with Crippen LogP contribution in [0.2, 0.25) is 0 Å². The van der Waals surface area contributed by atoms with Gasteiger partial charge in [0.2, 0.25) is 0 Å². The van der Waals surface area contributed by atoms with E-state index in [1.807, 2.05) is 6.08 Å². The molecule has 5 heteroatoms. The molecule has 0 rings (SSSR count). The maximum absolute atomic E-state index is 12.7. The van der Waals surface area contributed by atoms with E-state index in [-0.39, 0.29) is 25.2 Å². The number of ether oxygens (including phenoxy) is 3. The zero-order chi connectivity index (χ0) is 44.9. The summed E-state index contributed by atoms with van der Waals surface area (Å²) in [5.41, 5.74) is 0. The summed E-state index contributed by atoms with van der Waals surface area (Å²) >= 11 is 0. The molecule has 0 aliphatic heterocycles. The molecule has 0 fully saturated rings. The van der Waals surface area contributed by atoms with Crippen molar-refractivity contribution in [2.75, 3.05) is 19.8 Å². The predicted octanol–water partition coefficient (Wildman–Crippen LogP) is 17.5. The lowest BCUT2D eigenvalue weighted by molar-refractivity contribution is -0.162. The highest BCUT2D eigenvalue weighted by molar-refractivity contribution is 5.70. The Labute approximate surface area is 383 Å². The molecule has 0 aliphatic carbocycles. The van der Waals surface area contributed by atoms with Crippen LogP contribution in [0.5, 0.6) is 0 Å². The van der Waals surface area contributed by atoms with Crippen LogP contribution >= 0.6 is 0 Å². The average molecular weight is 861 g/mol. The van der Waals surface area contributed by atoms with Crippen molar-refractivity contribution in [3.8, 4) is 0 Å². The maximum Gasteiger partial charge on any atom is 0.306 e. The Kier molecular flexibility index (Phi) is 49.5. The summed E-state index contributed by atoms with van der Waals surface area (Å²) in [6.45, 7) is 7.56. The number of rotatable bonds is 46. The van der Waals surface area contributed by atoms with Crippen molar-refractivity contribution in [1.82, 2.24) is 0 Å². The van der Waals surface area contributed by atoms with Crippen LogP contribution in [0.15, 0.2) is 97.2 Å². The number of allylic oxidation sites excluding steroid dienone is 16. The topological polar surface area (TPSA) is 61.8 Å². The molecule has 62 heavy (non-hydrogen) atoms. The van der Waals surface area contributed by atoms with Crippen LogP contribution in [0.25, 0.3) is 0 Å². The van der Waals surface area contributed by atoms with Crippen molar-refractivity contribution in [2.24, 2.45) is 0 Å². The van der Waals surface area contributed by atoms with Gasteiger partial charge in [0.25, 0.3) is 0 Å². The quantitative estimate of drug-likeness (QED) is 0.0347. The Balaban J connectivity index is 4.37. The fraction of sp³-hybridized carbons (Fsp3) is 0.684. The van der Waals surface area contributed by atoms with Crippen LogP contribution in [0.4, 0.5) is 0 Å². The van der Waals surface area contributed by atoms with E-state index in [1.54, 1.807) is 0 Å². The smallest absolute Gasteiger partial charge is 0.306 e. The molecule has 0 radical (unpaired) electrons. The van der Waals surface area contributed by atoms with Gasteiger partial charge in [0.05, 0.1) is 6.61 Å². The molecule has 0 N–H and O–H groups in total. The summed E-state index contributed by atoms with van der Waals surface area (Å²) in [7, 11) is 0. The summed E-state index contributed by atoms with van der Waals surface area (Å²) in [5.74, 6) is -0.511. The normalized spacial score (nSPS) is 13.0. The second-order valence-electron chi connectivity index (χ2n) is 16.7. The van der Waals surface area contributed by atoms with Crippen LogP contribution in [-0.2, 0) is 23.8 Å². The minimum absolute atomic E-state index is 0.0429. The van der Waals surface area contributed by atoms with Gasteiger partial charge < -0.3 is 14.2 Å². The maximum atomic E-state index is 12.7. The van der Waals surface area contributed by atoms with Crippen LogP contribution < -0.4 is 0 Å². The lowest BCUT2D eigenvalue weighted by Crippen LogP contribution is -2.30. The third-order valence-electron chi connectivity index (χ3n) is 10.6. The Morgan fingerprint density at radius 1 is 0.371 bits per heavy atom. The molecule has 354 valence electrons. The average Bonchev–Trinajstić information content (AvgIpc) is 3.27. The Bertz CT molecular complexity index is 1200. The van der Waals surface area contributed by atoms with Crippen LogP contribution in [0.1, 0.15) is 226 Å². The first-order valence-electron chi connectivity index (χ1n) is 25.8. The van der Waals surface area contributed by atoms with E-state index in [2.05, 4.69) is 112 Å². The van der Waals surface area contributed by atoms with E-state index in [4.69, 9.17) is 14.2 Å². The number of esters is 2. The van der Waals surface area contributed by atoms with Gasteiger partial charge >= 0.3 is 11.9 Å². The van der Waals surface area contributed by atoms with Gasteiger partial charge in [-0.15, -0.1) is 0 Å². The summed E-state index contributed by atoms with van der Waals surface area (Å²) in [6.07, 6.45) is 70.0. The molecule has 0 aromatic rings. The van der Waals surface area contributed by atoms with E-state index in [0.717, 1.165) is 77.0 Å². The second kappa shape index (κ2) is 52.2. The highest BCUT2D eigenvalue weighted by Gasteiger charge is 2.17. The number of hydrogen-bond donors (Lipinski definition) is 0. The third kappa shape index (κ3) is 49.5. The van der Waals surface area contributed by atoms with Gasteiger partial charge in [-0.2, -0.15) is 0 Å². The largest absolute Gasteiger partial charge is 0.462 e. The molecule has 1 unspecified atom stereocenters. The fourth-order valence-corrected chi connectivity index (χ4v) is 6.76. The minimum Gasteiger partial charge on any atom is -0.462 e. The van der Waals surface area contributed by atoms with Gasteiger partial charge in [-0.3, -0.25) is 9.59 Å².